The summed E-state index contributed by atoms with van der Waals surface area (Å²) >= 11 is 0. The minimum absolute atomic E-state index is 0.106. The van der Waals surface area contributed by atoms with E-state index < -0.39 is 11.4 Å². The molecule has 0 bridgehead atoms. The zero-order chi connectivity index (χ0) is 25.3. The number of carbonyl (C=O) groups excluding carboxylic acids is 3. The normalized spacial score (nSPS) is 17.7. The summed E-state index contributed by atoms with van der Waals surface area (Å²) in [5.74, 6) is -0.602. The van der Waals surface area contributed by atoms with E-state index in [9.17, 15) is 19.2 Å². The Kier molecular flexibility index (Phi) is 6.22. The van der Waals surface area contributed by atoms with Crippen molar-refractivity contribution < 1.29 is 14.4 Å². The molecule has 1 aromatic heterocycles. The van der Waals surface area contributed by atoms with Crippen molar-refractivity contribution in [2.24, 2.45) is 0 Å². The molecule has 9 heteroatoms. The van der Waals surface area contributed by atoms with Crippen molar-refractivity contribution in [3.8, 4) is 6.07 Å². The number of hydrogen-bond acceptors (Lipinski definition) is 6. The molecule has 0 radical (unpaired) electrons. The summed E-state index contributed by atoms with van der Waals surface area (Å²) in [4.78, 5) is 56.6. The maximum Gasteiger partial charge on any atom is 0.262 e. The molecule has 2 heterocycles. The fourth-order valence-electron chi connectivity index (χ4n) is 4.40. The number of nitrogens with zero attached hydrogens (tertiary/aromatic N) is 4. The van der Waals surface area contributed by atoms with Gasteiger partial charge in [-0.3, -0.25) is 29.1 Å². The van der Waals surface area contributed by atoms with Crippen molar-refractivity contribution in [3.63, 3.8) is 0 Å². The Bertz CT molecular complexity index is 1450. The summed E-state index contributed by atoms with van der Waals surface area (Å²) in [5, 5.41) is 11.6. The largest absolute Gasteiger partial charge is 0.341 e. The number of fused-ring (bicyclic) bond motifs is 1. The topological polar surface area (TPSA) is 125 Å². The van der Waals surface area contributed by atoms with Crippen molar-refractivity contribution >= 4 is 28.6 Å². The Morgan fingerprint density at radius 1 is 1.17 bits per heavy atom. The van der Waals surface area contributed by atoms with Gasteiger partial charge in [-0.2, -0.15) is 5.26 Å². The van der Waals surface area contributed by atoms with E-state index in [4.69, 9.17) is 5.26 Å². The number of amides is 3. The second-order valence-corrected chi connectivity index (χ2v) is 9.04. The van der Waals surface area contributed by atoms with Crippen molar-refractivity contribution in [1.82, 2.24) is 19.8 Å². The molecule has 9 nitrogen and oxygen atoms in total. The van der Waals surface area contributed by atoms with Crippen LogP contribution in [-0.4, -0.2) is 39.2 Å². The number of piperidine rings is 1. The maximum atomic E-state index is 13.5. The minimum Gasteiger partial charge on any atom is -0.341 e. The summed E-state index contributed by atoms with van der Waals surface area (Å²) in [6, 6.07) is 14.2. The first-order chi connectivity index (χ1) is 16.6. The molecule has 178 valence electrons. The van der Waals surface area contributed by atoms with E-state index in [-0.39, 0.29) is 43.2 Å². The number of carbonyl (C=O) groups is 3. The van der Waals surface area contributed by atoms with Crippen LogP contribution < -0.4 is 10.9 Å². The van der Waals surface area contributed by atoms with Gasteiger partial charge in [-0.15, -0.1) is 0 Å². The molecule has 2 aromatic carbocycles. The second-order valence-electron chi connectivity index (χ2n) is 9.04. The van der Waals surface area contributed by atoms with Gasteiger partial charge in [0.2, 0.25) is 11.8 Å². The molecule has 3 amide bonds. The Balaban J connectivity index is 1.60. The SMILES string of the molecule is Cc1nc2ccc(CN(C)C(=O)Cc3ccc(C#N)cc3)cc2c(=O)n1[C@@]1(C)CCC(=O)NC1=O. The summed E-state index contributed by atoms with van der Waals surface area (Å²) in [6.07, 6.45) is 0.533. The summed E-state index contributed by atoms with van der Waals surface area (Å²) in [6.45, 7) is 3.58. The average molecular weight is 472 g/mol. The van der Waals surface area contributed by atoms with Crippen molar-refractivity contribution in [2.45, 2.75) is 45.2 Å². The zero-order valence-electron chi connectivity index (χ0n) is 19.8. The van der Waals surface area contributed by atoms with E-state index in [1.807, 2.05) is 6.07 Å². The van der Waals surface area contributed by atoms with Crippen LogP contribution in [0.2, 0.25) is 0 Å². The average Bonchev–Trinajstić information content (AvgIpc) is 2.82. The third kappa shape index (κ3) is 4.55. The van der Waals surface area contributed by atoms with Crippen LogP contribution in [0.15, 0.2) is 47.3 Å². The van der Waals surface area contributed by atoms with E-state index in [0.29, 0.717) is 22.3 Å². The Morgan fingerprint density at radius 2 is 1.86 bits per heavy atom. The highest BCUT2D eigenvalue weighted by molar-refractivity contribution is 6.01. The van der Waals surface area contributed by atoms with Crippen LogP contribution in [-0.2, 0) is 32.9 Å². The van der Waals surface area contributed by atoms with E-state index in [1.54, 1.807) is 62.2 Å². The number of hydrogen-bond donors (Lipinski definition) is 1. The standard InChI is InChI=1S/C26H25N5O4/c1-16-28-21-9-8-19(15-30(3)23(33)13-17-4-6-18(14-27)7-5-17)12-20(21)24(34)31(16)26(2)11-10-22(32)29-25(26)35/h4-9,12H,10-11,13,15H2,1-3H3,(H,29,32,35)/t26-/m0/s1. The number of nitrogens with one attached hydrogen (secondary N) is 1. The Labute approximate surface area is 202 Å². The molecule has 1 aliphatic rings. The van der Waals surface area contributed by atoms with E-state index >= 15 is 0 Å². The fourth-order valence-corrected chi connectivity index (χ4v) is 4.40. The molecular formula is C26H25N5O4. The van der Waals surface area contributed by atoms with Crippen LogP contribution in [0, 0.1) is 18.3 Å². The molecule has 0 saturated carbocycles. The van der Waals surface area contributed by atoms with Crippen LogP contribution >= 0.6 is 0 Å². The van der Waals surface area contributed by atoms with Gasteiger partial charge in [-0.1, -0.05) is 18.2 Å². The quantitative estimate of drug-likeness (QED) is 0.567. The highest BCUT2D eigenvalue weighted by atomic mass is 16.2. The molecule has 1 fully saturated rings. The molecule has 35 heavy (non-hydrogen) atoms. The lowest BCUT2D eigenvalue weighted by Crippen LogP contribution is -2.56. The van der Waals surface area contributed by atoms with Gasteiger partial charge in [-0.25, -0.2) is 4.98 Å². The van der Waals surface area contributed by atoms with Crippen LogP contribution in [0.5, 0.6) is 0 Å². The number of likely N-dealkylation sites (N-methyl/N-ethyl adjacent to an activating group) is 1. The molecule has 0 aliphatic carbocycles. The fraction of sp³-hybridized carbons (Fsp3) is 0.308. The minimum atomic E-state index is -1.22. The maximum absolute atomic E-state index is 13.5. The first-order valence-corrected chi connectivity index (χ1v) is 11.2. The van der Waals surface area contributed by atoms with E-state index in [2.05, 4.69) is 16.4 Å². The summed E-state index contributed by atoms with van der Waals surface area (Å²) in [7, 11) is 1.69. The lowest BCUT2D eigenvalue weighted by molar-refractivity contribution is -0.140. The lowest BCUT2D eigenvalue weighted by Gasteiger charge is -2.34. The molecule has 1 N–H and O–H groups in total. The van der Waals surface area contributed by atoms with Crippen LogP contribution in [0.3, 0.4) is 0 Å². The van der Waals surface area contributed by atoms with Crippen molar-refractivity contribution in [1.29, 1.82) is 5.26 Å². The van der Waals surface area contributed by atoms with Gasteiger partial charge < -0.3 is 4.90 Å². The summed E-state index contributed by atoms with van der Waals surface area (Å²) in [5.41, 5.74) is 0.990. The number of imide groups is 1. The molecule has 3 aromatic rings. The van der Waals surface area contributed by atoms with Gasteiger partial charge >= 0.3 is 0 Å². The number of nitriles is 1. The van der Waals surface area contributed by atoms with Gasteiger partial charge in [0.1, 0.15) is 11.4 Å². The van der Waals surface area contributed by atoms with E-state index in [1.165, 1.54) is 4.57 Å². The monoisotopic (exact) mass is 471 g/mol. The Morgan fingerprint density at radius 3 is 2.51 bits per heavy atom. The van der Waals surface area contributed by atoms with Gasteiger partial charge in [0.25, 0.3) is 11.5 Å². The van der Waals surface area contributed by atoms with Crippen LogP contribution in [0.1, 0.15) is 42.3 Å². The smallest absolute Gasteiger partial charge is 0.262 e. The first kappa shape index (κ1) is 23.8. The molecule has 1 atom stereocenters. The predicted molar refractivity (Wildman–Crippen MR) is 128 cm³/mol. The molecule has 0 spiro atoms. The number of aryl methyl sites for hydroxylation is 1. The molecule has 1 aliphatic heterocycles. The van der Waals surface area contributed by atoms with Gasteiger partial charge in [0, 0.05) is 20.0 Å². The third-order valence-electron chi connectivity index (χ3n) is 6.46. The van der Waals surface area contributed by atoms with E-state index in [0.717, 1.165) is 11.1 Å². The van der Waals surface area contributed by atoms with Gasteiger partial charge in [0.15, 0.2) is 0 Å². The van der Waals surface area contributed by atoms with Crippen molar-refractivity contribution in [3.05, 3.63) is 75.3 Å². The van der Waals surface area contributed by atoms with Crippen LogP contribution in [0.4, 0.5) is 0 Å². The second kappa shape index (κ2) is 9.14. The lowest BCUT2D eigenvalue weighted by atomic mass is 9.90. The van der Waals surface area contributed by atoms with Gasteiger partial charge in [-0.05, 0) is 55.7 Å². The molecule has 1 saturated heterocycles. The Hall–Kier alpha value is -4.32. The first-order valence-electron chi connectivity index (χ1n) is 11.2. The molecule has 0 unspecified atom stereocenters. The third-order valence-corrected chi connectivity index (χ3v) is 6.46. The highest BCUT2D eigenvalue weighted by Crippen LogP contribution is 2.27. The predicted octanol–water partition coefficient (Wildman–Crippen LogP) is 1.93. The zero-order valence-corrected chi connectivity index (χ0v) is 19.8. The molecule has 4 rings (SSSR count). The highest BCUT2D eigenvalue weighted by Gasteiger charge is 2.42. The van der Waals surface area contributed by atoms with Crippen LogP contribution in [0.25, 0.3) is 10.9 Å². The molecular weight excluding hydrogens is 446 g/mol. The van der Waals surface area contributed by atoms with Crippen molar-refractivity contribution in [2.75, 3.05) is 7.05 Å². The number of rotatable bonds is 5. The summed E-state index contributed by atoms with van der Waals surface area (Å²) < 4.78 is 1.36. The number of aromatic nitrogens is 2. The number of benzene rings is 2. The van der Waals surface area contributed by atoms with Gasteiger partial charge in [0.05, 0.1) is 29.0 Å².